The molecule has 4 aromatic rings. The summed E-state index contributed by atoms with van der Waals surface area (Å²) in [5.41, 5.74) is 9.27. The predicted molar refractivity (Wildman–Crippen MR) is 158 cm³/mol. The number of hydrogen-bond acceptors (Lipinski definition) is 3. The molecule has 218 valence electrons. The van der Waals surface area contributed by atoms with Crippen LogP contribution in [-0.4, -0.2) is 29.4 Å². The molecule has 0 aromatic heterocycles. The van der Waals surface area contributed by atoms with Crippen LogP contribution < -0.4 is 72.2 Å². The number of methoxy groups -OCH3 is 3. The van der Waals surface area contributed by atoms with Gasteiger partial charge in [0, 0.05) is 0 Å². The van der Waals surface area contributed by atoms with Crippen molar-refractivity contribution in [2.45, 2.75) is 48.5 Å². The SMILES string of the molecule is COc1ccc([Si](c2ccc(OC)cc2C)(c2ccc(OC)cc2C)c2c(C)c(C)c(C)[c-]2C)c(C)c1.[Cl-].[Cl-].[Cl-].[Ti+4]. The minimum atomic E-state index is -2.81. The smallest absolute Gasteiger partial charge is 1.00 e. The van der Waals surface area contributed by atoms with Crippen LogP contribution in [-0.2, 0) is 21.7 Å². The Morgan fingerprint density at radius 2 is 0.854 bits per heavy atom. The van der Waals surface area contributed by atoms with Gasteiger partial charge in [-0.2, -0.15) is 27.4 Å². The molecule has 0 aliphatic rings. The van der Waals surface area contributed by atoms with Gasteiger partial charge in [0.15, 0.2) is 8.07 Å². The van der Waals surface area contributed by atoms with Gasteiger partial charge in [-0.1, -0.05) is 45.9 Å². The van der Waals surface area contributed by atoms with Crippen molar-refractivity contribution in [3.63, 3.8) is 0 Å². The van der Waals surface area contributed by atoms with Gasteiger partial charge in [0.25, 0.3) is 0 Å². The zero-order valence-corrected chi connectivity index (χ0v) is 30.4. The average Bonchev–Trinajstić information content (AvgIpc) is 3.08. The summed E-state index contributed by atoms with van der Waals surface area (Å²) in [5, 5.41) is 5.63. The van der Waals surface area contributed by atoms with Crippen LogP contribution in [0.15, 0.2) is 54.6 Å². The van der Waals surface area contributed by atoms with Gasteiger partial charge in [-0.3, -0.25) is 0 Å². The summed E-state index contributed by atoms with van der Waals surface area (Å²) in [6.45, 7) is 15.8. The summed E-state index contributed by atoms with van der Waals surface area (Å²) in [6, 6.07) is 19.8. The maximum atomic E-state index is 5.64. The maximum absolute atomic E-state index is 5.64. The van der Waals surface area contributed by atoms with Crippen LogP contribution in [0, 0.1) is 48.5 Å². The topological polar surface area (TPSA) is 27.7 Å². The number of hydrogen-bond donors (Lipinski definition) is 0. The Bertz CT molecular complexity index is 1330. The zero-order valence-electron chi connectivity index (χ0n) is 25.6. The van der Waals surface area contributed by atoms with E-state index < -0.39 is 8.07 Å². The molecule has 4 aromatic carbocycles. The number of ether oxygens (including phenoxy) is 3. The first-order valence-corrected chi connectivity index (χ1v) is 14.8. The minimum absolute atomic E-state index is 0. The van der Waals surface area contributed by atoms with Crippen molar-refractivity contribution in [3.05, 3.63) is 93.5 Å². The molecule has 41 heavy (non-hydrogen) atoms. The van der Waals surface area contributed by atoms with Gasteiger partial charge in [0.1, 0.15) is 17.2 Å². The summed E-state index contributed by atoms with van der Waals surface area (Å²) >= 11 is 0. The molecule has 0 saturated heterocycles. The van der Waals surface area contributed by atoms with E-state index in [1.165, 1.54) is 59.7 Å². The third-order valence-corrected chi connectivity index (χ3v) is 13.9. The molecule has 0 bridgehead atoms. The molecule has 0 fully saturated rings. The van der Waals surface area contributed by atoms with Crippen molar-refractivity contribution in [1.82, 2.24) is 0 Å². The molecule has 8 heteroatoms. The van der Waals surface area contributed by atoms with E-state index in [1.54, 1.807) is 21.3 Å². The Hall–Kier alpha value is -1.79. The van der Waals surface area contributed by atoms with Crippen LogP contribution in [0.3, 0.4) is 0 Å². The van der Waals surface area contributed by atoms with Crippen LogP contribution in [0.1, 0.15) is 38.9 Å². The van der Waals surface area contributed by atoms with Crippen molar-refractivity contribution < 1.29 is 73.1 Å². The summed E-state index contributed by atoms with van der Waals surface area (Å²) in [4.78, 5) is 0. The van der Waals surface area contributed by atoms with Gasteiger partial charge in [-0.05, 0) is 89.4 Å². The largest absolute Gasteiger partial charge is 4.00 e. The molecule has 0 N–H and O–H groups in total. The molecule has 0 aliphatic heterocycles. The van der Waals surface area contributed by atoms with Gasteiger partial charge in [-0.25, -0.2) is 0 Å². The molecular weight excluding hydrogens is 627 g/mol. The molecule has 0 radical (unpaired) electrons. The third kappa shape index (κ3) is 6.59. The quantitative estimate of drug-likeness (QED) is 0.115. The second-order valence-corrected chi connectivity index (χ2v) is 13.8. The number of halogens is 3. The van der Waals surface area contributed by atoms with Crippen molar-refractivity contribution in [1.29, 1.82) is 0 Å². The fourth-order valence-corrected chi connectivity index (χ4v) is 12.3. The Kier molecular flexibility index (Phi) is 14.9. The van der Waals surface area contributed by atoms with E-state index in [0.717, 1.165) is 17.2 Å². The summed E-state index contributed by atoms with van der Waals surface area (Å²) in [6.07, 6.45) is 0. The van der Waals surface area contributed by atoms with E-state index in [2.05, 4.69) is 103 Å². The Morgan fingerprint density at radius 1 is 0.537 bits per heavy atom. The summed E-state index contributed by atoms with van der Waals surface area (Å²) < 4.78 is 16.9. The van der Waals surface area contributed by atoms with Gasteiger partial charge < -0.3 is 51.4 Å². The third-order valence-electron chi connectivity index (χ3n) is 8.33. The standard InChI is InChI=1S/C33H39O3Si.3ClH.Ti/c1-20-17-27(34-8)11-14-30(20)37(31-15-12-28(35-9)18-21(31)2,32-16-13-29(36-10)19-22(32)3)33-25(6)23(4)24(5)26(33)7;;;;/h11-19H,1-10H3;3*1H;/q-1;;;;+4/p-3. The molecule has 0 amide bonds. The fourth-order valence-electron chi connectivity index (χ4n) is 6.17. The molecule has 0 heterocycles. The van der Waals surface area contributed by atoms with Crippen molar-refractivity contribution in [2.24, 2.45) is 0 Å². The van der Waals surface area contributed by atoms with Gasteiger partial charge in [-0.15, -0.1) is 0 Å². The van der Waals surface area contributed by atoms with Crippen molar-refractivity contribution in [2.75, 3.05) is 21.3 Å². The number of benzene rings is 3. The predicted octanol–water partition coefficient (Wildman–Crippen LogP) is -4.02. The molecular formula is C33H39Cl3O3SiTi. The molecule has 0 spiro atoms. The first-order chi connectivity index (χ1) is 17.6. The molecule has 0 saturated carbocycles. The van der Waals surface area contributed by atoms with Gasteiger partial charge in [0.05, 0.1) is 21.3 Å². The van der Waals surface area contributed by atoms with Crippen molar-refractivity contribution >= 4 is 28.8 Å². The Labute approximate surface area is 280 Å². The van der Waals surface area contributed by atoms with Crippen LogP contribution in [0.4, 0.5) is 0 Å². The van der Waals surface area contributed by atoms with Crippen molar-refractivity contribution in [3.8, 4) is 17.2 Å². The normalized spacial score (nSPS) is 10.4. The average molecular weight is 666 g/mol. The van der Waals surface area contributed by atoms with E-state index in [1.807, 2.05) is 0 Å². The van der Waals surface area contributed by atoms with Crippen LogP contribution in [0.25, 0.3) is 0 Å². The van der Waals surface area contributed by atoms with E-state index in [9.17, 15) is 0 Å². The monoisotopic (exact) mass is 664 g/mol. The second-order valence-electron chi connectivity index (χ2n) is 10.2. The van der Waals surface area contributed by atoms with Crippen LogP contribution in [0.5, 0.6) is 17.2 Å². The Morgan fingerprint density at radius 3 is 1.07 bits per heavy atom. The van der Waals surface area contributed by atoms with E-state index in [-0.39, 0.29) is 58.9 Å². The number of aryl methyl sites for hydroxylation is 3. The van der Waals surface area contributed by atoms with E-state index >= 15 is 0 Å². The number of rotatable bonds is 7. The van der Waals surface area contributed by atoms with Gasteiger partial charge in [0.2, 0.25) is 0 Å². The van der Waals surface area contributed by atoms with Crippen LogP contribution in [0.2, 0.25) is 0 Å². The maximum Gasteiger partial charge on any atom is 4.00 e. The van der Waals surface area contributed by atoms with Gasteiger partial charge >= 0.3 is 21.7 Å². The molecule has 4 rings (SSSR count). The first kappa shape index (κ1) is 39.2. The molecule has 0 aliphatic carbocycles. The minimum Gasteiger partial charge on any atom is -1.00 e. The Balaban J connectivity index is 0.00000400. The first-order valence-electron chi connectivity index (χ1n) is 12.8. The summed E-state index contributed by atoms with van der Waals surface area (Å²) in [5.74, 6) is 2.64. The molecule has 0 unspecified atom stereocenters. The summed E-state index contributed by atoms with van der Waals surface area (Å²) in [7, 11) is 2.40. The van der Waals surface area contributed by atoms with E-state index in [4.69, 9.17) is 14.2 Å². The zero-order chi connectivity index (χ0) is 27.1. The van der Waals surface area contributed by atoms with E-state index in [0.29, 0.717) is 0 Å². The second kappa shape index (κ2) is 15.6. The molecule has 3 nitrogen and oxygen atoms in total. The van der Waals surface area contributed by atoms with Crippen LogP contribution >= 0.6 is 0 Å². The fraction of sp³-hybridized carbons (Fsp3) is 0.303. The molecule has 0 atom stereocenters.